The topological polar surface area (TPSA) is 78.5 Å². The second-order valence-corrected chi connectivity index (χ2v) is 8.17. The van der Waals surface area contributed by atoms with Crippen LogP contribution in [0, 0.1) is 12.7 Å². The van der Waals surface area contributed by atoms with Crippen LogP contribution < -0.4 is 10.0 Å². The van der Waals surface area contributed by atoms with Crippen molar-refractivity contribution in [3.8, 4) is 0 Å². The molecule has 144 valence electrons. The van der Waals surface area contributed by atoms with Crippen molar-refractivity contribution in [3.63, 3.8) is 0 Å². The summed E-state index contributed by atoms with van der Waals surface area (Å²) >= 11 is 0. The maximum Gasteiger partial charge on any atom is 0.261 e. The van der Waals surface area contributed by atoms with E-state index in [1.807, 2.05) is 0 Å². The fourth-order valence-corrected chi connectivity index (χ4v) is 4.03. The number of halogens is 1. The van der Waals surface area contributed by atoms with E-state index in [1.165, 1.54) is 36.4 Å². The molecular weight excluding hydrogens is 369 g/mol. The van der Waals surface area contributed by atoms with E-state index in [1.54, 1.807) is 17.9 Å². The quantitative estimate of drug-likeness (QED) is 0.839. The van der Waals surface area contributed by atoms with E-state index in [0.717, 1.165) is 25.1 Å². The molecule has 0 saturated carbocycles. The minimum atomic E-state index is -3.89. The summed E-state index contributed by atoms with van der Waals surface area (Å²) in [5, 5.41) is 3.24. The van der Waals surface area contributed by atoms with Crippen LogP contribution in [0.5, 0.6) is 0 Å². The molecule has 8 heteroatoms. The summed E-state index contributed by atoms with van der Waals surface area (Å²) in [6.45, 7) is 4.58. The van der Waals surface area contributed by atoms with Crippen LogP contribution in [0.4, 0.5) is 10.1 Å². The van der Waals surface area contributed by atoms with E-state index in [9.17, 15) is 17.6 Å². The molecule has 0 spiro atoms. The van der Waals surface area contributed by atoms with Crippen LogP contribution in [0.15, 0.2) is 47.4 Å². The summed E-state index contributed by atoms with van der Waals surface area (Å²) in [4.78, 5) is 14.6. The third-order valence-corrected chi connectivity index (χ3v) is 5.85. The molecule has 0 unspecified atom stereocenters. The van der Waals surface area contributed by atoms with Crippen molar-refractivity contribution >= 4 is 21.6 Å². The molecule has 2 aromatic rings. The highest BCUT2D eigenvalue weighted by atomic mass is 32.2. The number of carbonyl (C=O) groups excluding carboxylic acids is 1. The highest BCUT2D eigenvalue weighted by Gasteiger charge is 2.22. The van der Waals surface area contributed by atoms with Gasteiger partial charge in [-0.05, 0) is 61.9 Å². The first-order chi connectivity index (χ1) is 12.9. The molecule has 1 amide bonds. The number of aryl methyl sites for hydroxylation is 1. The van der Waals surface area contributed by atoms with E-state index in [4.69, 9.17) is 0 Å². The highest BCUT2D eigenvalue weighted by Crippen LogP contribution is 2.21. The smallest absolute Gasteiger partial charge is 0.261 e. The van der Waals surface area contributed by atoms with E-state index in [-0.39, 0.29) is 16.5 Å². The van der Waals surface area contributed by atoms with Gasteiger partial charge in [0.05, 0.1) is 4.90 Å². The molecule has 1 heterocycles. The lowest BCUT2D eigenvalue weighted by Gasteiger charge is -2.21. The molecule has 2 aromatic carbocycles. The number of benzene rings is 2. The molecule has 0 atom stereocenters. The standard InChI is InChI=1S/C19H22FN3O3S/c1-14-3-8-17(27(25,26)22-16-6-4-15(20)5-7-16)13-18(14)19(24)23-11-2-9-21-10-12-23/h3-8,13,21-22H,2,9-12H2,1H3. The van der Waals surface area contributed by atoms with Crippen LogP contribution in [0.3, 0.4) is 0 Å². The Morgan fingerprint density at radius 2 is 1.85 bits per heavy atom. The fourth-order valence-electron chi connectivity index (χ4n) is 2.95. The second kappa shape index (κ2) is 8.06. The molecule has 1 aliphatic rings. The van der Waals surface area contributed by atoms with Gasteiger partial charge >= 0.3 is 0 Å². The summed E-state index contributed by atoms with van der Waals surface area (Å²) < 4.78 is 40.7. The molecular formula is C19H22FN3O3S. The zero-order valence-electron chi connectivity index (χ0n) is 15.0. The predicted molar refractivity (Wildman–Crippen MR) is 102 cm³/mol. The van der Waals surface area contributed by atoms with Gasteiger partial charge in [0.1, 0.15) is 5.82 Å². The van der Waals surface area contributed by atoms with Crippen molar-refractivity contribution in [3.05, 3.63) is 59.4 Å². The van der Waals surface area contributed by atoms with E-state index in [2.05, 4.69) is 10.0 Å². The van der Waals surface area contributed by atoms with Gasteiger partial charge in [-0.1, -0.05) is 6.07 Å². The van der Waals surface area contributed by atoms with Gasteiger partial charge in [-0.2, -0.15) is 0 Å². The number of nitrogens with one attached hydrogen (secondary N) is 2. The molecule has 1 saturated heterocycles. The maximum absolute atomic E-state index is 13.0. The number of amides is 1. The minimum absolute atomic E-state index is 0.00581. The maximum atomic E-state index is 13.0. The van der Waals surface area contributed by atoms with E-state index in [0.29, 0.717) is 18.7 Å². The molecule has 1 aliphatic heterocycles. The lowest BCUT2D eigenvalue weighted by molar-refractivity contribution is 0.0765. The molecule has 3 rings (SSSR count). The third kappa shape index (κ3) is 4.64. The number of hydrogen-bond donors (Lipinski definition) is 2. The summed E-state index contributed by atoms with van der Waals surface area (Å²) in [5.41, 5.74) is 1.35. The Bertz CT molecular complexity index is 922. The van der Waals surface area contributed by atoms with Gasteiger partial charge < -0.3 is 10.2 Å². The first-order valence-corrected chi connectivity index (χ1v) is 10.2. The Morgan fingerprint density at radius 3 is 2.59 bits per heavy atom. The first-order valence-electron chi connectivity index (χ1n) is 8.76. The van der Waals surface area contributed by atoms with Crippen molar-refractivity contribution < 1.29 is 17.6 Å². The van der Waals surface area contributed by atoms with Gasteiger partial charge in [0.25, 0.3) is 15.9 Å². The fraction of sp³-hybridized carbons (Fsp3) is 0.316. The molecule has 2 N–H and O–H groups in total. The zero-order valence-corrected chi connectivity index (χ0v) is 15.9. The lowest BCUT2D eigenvalue weighted by atomic mass is 10.1. The first kappa shape index (κ1) is 19.3. The number of nitrogens with zero attached hydrogens (tertiary/aromatic N) is 1. The number of hydrogen-bond acceptors (Lipinski definition) is 4. The lowest BCUT2D eigenvalue weighted by Crippen LogP contribution is -2.34. The largest absolute Gasteiger partial charge is 0.337 e. The molecule has 0 bridgehead atoms. The van der Waals surface area contributed by atoms with Crippen LogP contribution in [0.2, 0.25) is 0 Å². The van der Waals surface area contributed by atoms with Crippen molar-refractivity contribution in [1.82, 2.24) is 10.2 Å². The van der Waals surface area contributed by atoms with Crippen molar-refractivity contribution in [2.45, 2.75) is 18.2 Å². The highest BCUT2D eigenvalue weighted by molar-refractivity contribution is 7.92. The molecule has 6 nitrogen and oxygen atoms in total. The summed E-state index contributed by atoms with van der Waals surface area (Å²) in [6, 6.07) is 9.53. The van der Waals surface area contributed by atoms with Gasteiger partial charge in [-0.3, -0.25) is 9.52 Å². The van der Waals surface area contributed by atoms with Crippen LogP contribution in [0.1, 0.15) is 22.3 Å². The molecule has 27 heavy (non-hydrogen) atoms. The Hall–Kier alpha value is -2.45. The third-order valence-electron chi connectivity index (χ3n) is 4.47. The normalized spacial score (nSPS) is 15.3. The summed E-state index contributed by atoms with van der Waals surface area (Å²) in [7, 11) is -3.89. The van der Waals surface area contributed by atoms with Crippen molar-refractivity contribution in [2.75, 3.05) is 30.9 Å². The molecule has 0 aliphatic carbocycles. The van der Waals surface area contributed by atoms with Gasteiger partial charge in [0.2, 0.25) is 0 Å². The SMILES string of the molecule is Cc1ccc(S(=O)(=O)Nc2ccc(F)cc2)cc1C(=O)N1CCCNCC1. The Labute approximate surface area is 158 Å². The summed E-state index contributed by atoms with van der Waals surface area (Å²) in [5.74, 6) is -0.622. The van der Waals surface area contributed by atoms with Crippen LogP contribution in [0.25, 0.3) is 0 Å². The number of rotatable bonds is 4. The minimum Gasteiger partial charge on any atom is -0.337 e. The van der Waals surface area contributed by atoms with Crippen LogP contribution in [-0.4, -0.2) is 45.4 Å². The van der Waals surface area contributed by atoms with Crippen LogP contribution in [-0.2, 0) is 10.0 Å². The predicted octanol–water partition coefficient (Wildman–Crippen LogP) is 2.37. The van der Waals surface area contributed by atoms with Crippen molar-refractivity contribution in [1.29, 1.82) is 0 Å². The summed E-state index contributed by atoms with van der Waals surface area (Å²) in [6.07, 6.45) is 0.856. The Balaban J connectivity index is 1.87. The molecule has 1 fully saturated rings. The molecule has 0 aromatic heterocycles. The number of carbonyl (C=O) groups is 1. The second-order valence-electron chi connectivity index (χ2n) is 6.48. The zero-order chi connectivity index (χ0) is 19.4. The van der Waals surface area contributed by atoms with Gasteiger partial charge in [-0.25, -0.2) is 12.8 Å². The van der Waals surface area contributed by atoms with E-state index < -0.39 is 15.8 Å². The van der Waals surface area contributed by atoms with E-state index >= 15 is 0 Å². The van der Waals surface area contributed by atoms with Crippen LogP contribution >= 0.6 is 0 Å². The molecule has 0 radical (unpaired) electrons. The van der Waals surface area contributed by atoms with Gasteiger partial charge in [-0.15, -0.1) is 0 Å². The monoisotopic (exact) mass is 391 g/mol. The average Bonchev–Trinajstić information content (AvgIpc) is 2.92. The van der Waals surface area contributed by atoms with Gasteiger partial charge in [0, 0.05) is 30.9 Å². The Kier molecular flexibility index (Phi) is 5.76. The van der Waals surface area contributed by atoms with Gasteiger partial charge in [0.15, 0.2) is 0 Å². The number of sulfonamides is 1. The average molecular weight is 391 g/mol. The number of anilines is 1. The van der Waals surface area contributed by atoms with Crippen molar-refractivity contribution in [2.24, 2.45) is 0 Å². The Morgan fingerprint density at radius 1 is 1.11 bits per heavy atom.